The van der Waals surface area contributed by atoms with Crippen molar-refractivity contribution in [3.8, 4) is 0 Å². The van der Waals surface area contributed by atoms with E-state index >= 15 is 0 Å². The standard InChI is InChI=1S/C17H15ClN2OS/c1-20(2)14-8-7-12(18)10-13(14)19-17(21)16-9-11-5-3-4-6-15(11)22-16/h3-10H,1-2H3,(H,19,21). The zero-order valence-corrected chi connectivity index (χ0v) is 13.8. The summed E-state index contributed by atoms with van der Waals surface area (Å²) in [5.74, 6) is -0.119. The number of nitrogens with zero attached hydrogens (tertiary/aromatic N) is 1. The summed E-state index contributed by atoms with van der Waals surface area (Å²) < 4.78 is 1.10. The monoisotopic (exact) mass is 330 g/mol. The Hall–Kier alpha value is -2.04. The molecule has 0 unspecified atom stereocenters. The maximum Gasteiger partial charge on any atom is 0.265 e. The van der Waals surface area contributed by atoms with E-state index in [1.54, 1.807) is 6.07 Å². The number of nitrogens with one attached hydrogen (secondary N) is 1. The quantitative estimate of drug-likeness (QED) is 0.742. The molecule has 5 heteroatoms. The summed E-state index contributed by atoms with van der Waals surface area (Å²) in [4.78, 5) is 15.1. The lowest BCUT2D eigenvalue weighted by atomic mass is 10.2. The van der Waals surface area contributed by atoms with Crippen molar-refractivity contribution in [2.75, 3.05) is 24.3 Å². The molecule has 1 amide bonds. The first kappa shape index (κ1) is 14.9. The summed E-state index contributed by atoms with van der Waals surface area (Å²) >= 11 is 7.53. The Morgan fingerprint density at radius 1 is 1.14 bits per heavy atom. The Balaban J connectivity index is 1.92. The lowest BCUT2D eigenvalue weighted by molar-refractivity contribution is 0.103. The molecule has 3 aromatic rings. The average molecular weight is 331 g/mol. The Bertz CT molecular complexity index is 809. The zero-order chi connectivity index (χ0) is 15.7. The molecule has 0 radical (unpaired) electrons. The minimum absolute atomic E-state index is 0.119. The molecule has 0 aliphatic heterocycles. The molecule has 0 bridgehead atoms. The third-order valence-electron chi connectivity index (χ3n) is 3.34. The molecule has 3 rings (SSSR count). The smallest absolute Gasteiger partial charge is 0.265 e. The molecule has 1 heterocycles. The van der Waals surface area contributed by atoms with Crippen LogP contribution < -0.4 is 10.2 Å². The number of carbonyl (C=O) groups excluding carboxylic acids is 1. The number of fused-ring (bicyclic) bond motifs is 1. The minimum atomic E-state index is -0.119. The SMILES string of the molecule is CN(C)c1ccc(Cl)cc1NC(=O)c1cc2ccccc2s1. The Kier molecular flexibility index (Phi) is 4.05. The summed E-state index contributed by atoms with van der Waals surface area (Å²) in [6.07, 6.45) is 0. The van der Waals surface area contributed by atoms with E-state index in [1.807, 2.05) is 61.5 Å². The molecule has 1 N–H and O–H groups in total. The molecule has 3 nitrogen and oxygen atoms in total. The highest BCUT2D eigenvalue weighted by Gasteiger charge is 2.13. The van der Waals surface area contributed by atoms with Crippen LogP contribution in [-0.4, -0.2) is 20.0 Å². The van der Waals surface area contributed by atoms with Crippen molar-refractivity contribution in [2.45, 2.75) is 0 Å². The summed E-state index contributed by atoms with van der Waals surface area (Å²) in [6, 6.07) is 15.3. The van der Waals surface area contributed by atoms with Gasteiger partial charge in [-0.15, -0.1) is 11.3 Å². The summed E-state index contributed by atoms with van der Waals surface area (Å²) in [5, 5.41) is 4.63. The lowest BCUT2D eigenvalue weighted by Crippen LogP contribution is -2.16. The topological polar surface area (TPSA) is 32.3 Å². The molecule has 0 saturated carbocycles. The molecule has 0 aliphatic rings. The fourth-order valence-corrected chi connectivity index (χ4v) is 3.41. The first-order valence-electron chi connectivity index (χ1n) is 6.81. The van der Waals surface area contributed by atoms with Gasteiger partial charge in [-0.25, -0.2) is 0 Å². The first-order chi connectivity index (χ1) is 10.5. The highest BCUT2D eigenvalue weighted by molar-refractivity contribution is 7.20. The van der Waals surface area contributed by atoms with Gasteiger partial charge in [0.1, 0.15) is 0 Å². The van der Waals surface area contributed by atoms with Gasteiger partial charge in [-0.05, 0) is 35.7 Å². The van der Waals surface area contributed by atoms with E-state index in [0.29, 0.717) is 15.6 Å². The first-order valence-corrected chi connectivity index (χ1v) is 8.01. The normalized spacial score (nSPS) is 10.7. The maximum absolute atomic E-state index is 12.5. The Morgan fingerprint density at radius 2 is 1.91 bits per heavy atom. The minimum Gasteiger partial charge on any atom is -0.376 e. The molecule has 0 fully saturated rings. The second kappa shape index (κ2) is 5.99. The predicted octanol–water partition coefficient (Wildman–Crippen LogP) is 4.87. The van der Waals surface area contributed by atoms with E-state index in [4.69, 9.17) is 11.6 Å². The number of thiophene rings is 1. The van der Waals surface area contributed by atoms with Gasteiger partial charge in [0.05, 0.1) is 16.3 Å². The van der Waals surface area contributed by atoms with Gasteiger partial charge in [0.2, 0.25) is 0 Å². The second-order valence-electron chi connectivity index (χ2n) is 5.16. The van der Waals surface area contributed by atoms with E-state index < -0.39 is 0 Å². The average Bonchev–Trinajstić information content (AvgIpc) is 2.91. The van der Waals surface area contributed by atoms with Gasteiger partial charge >= 0.3 is 0 Å². The van der Waals surface area contributed by atoms with Crippen molar-refractivity contribution in [1.82, 2.24) is 0 Å². The number of amides is 1. The highest BCUT2D eigenvalue weighted by atomic mass is 35.5. The third-order valence-corrected chi connectivity index (χ3v) is 4.69. The van der Waals surface area contributed by atoms with Crippen LogP contribution in [0.5, 0.6) is 0 Å². The van der Waals surface area contributed by atoms with Crippen LogP contribution in [0.2, 0.25) is 5.02 Å². The van der Waals surface area contributed by atoms with E-state index in [9.17, 15) is 4.79 Å². The van der Waals surface area contributed by atoms with E-state index in [2.05, 4.69) is 5.32 Å². The number of hydrogen-bond acceptors (Lipinski definition) is 3. The van der Waals surface area contributed by atoms with Crippen LogP contribution in [0.4, 0.5) is 11.4 Å². The molecule has 0 spiro atoms. The van der Waals surface area contributed by atoms with Gasteiger partial charge in [-0.3, -0.25) is 4.79 Å². The number of halogens is 1. The fraction of sp³-hybridized carbons (Fsp3) is 0.118. The van der Waals surface area contributed by atoms with Crippen molar-refractivity contribution in [2.24, 2.45) is 0 Å². The van der Waals surface area contributed by atoms with Crippen molar-refractivity contribution >= 4 is 50.3 Å². The molecule has 112 valence electrons. The Morgan fingerprint density at radius 3 is 2.64 bits per heavy atom. The van der Waals surface area contributed by atoms with Crippen molar-refractivity contribution in [1.29, 1.82) is 0 Å². The van der Waals surface area contributed by atoms with E-state index in [1.165, 1.54) is 11.3 Å². The highest BCUT2D eigenvalue weighted by Crippen LogP contribution is 2.30. The van der Waals surface area contributed by atoms with Gasteiger partial charge in [-0.1, -0.05) is 29.8 Å². The molecule has 0 saturated heterocycles. The molecule has 1 aromatic heterocycles. The molecule has 0 aliphatic carbocycles. The van der Waals surface area contributed by atoms with E-state index in [0.717, 1.165) is 15.8 Å². The molecule has 22 heavy (non-hydrogen) atoms. The van der Waals surface area contributed by atoms with Crippen LogP contribution in [0, 0.1) is 0 Å². The summed E-state index contributed by atoms with van der Waals surface area (Å²) in [7, 11) is 3.86. The summed E-state index contributed by atoms with van der Waals surface area (Å²) in [5.41, 5.74) is 1.62. The van der Waals surface area contributed by atoms with Crippen LogP contribution >= 0.6 is 22.9 Å². The third kappa shape index (κ3) is 2.93. The largest absolute Gasteiger partial charge is 0.376 e. The molecular weight excluding hydrogens is 316 g/mol. The van der Waals surface area contributed by atoms with Crippen molar-refractivity contribution in [3.63, 3.8) is 0 Å². The zero-order valence-electron chi connectivity index (χ0n) is 12.3. The van der Waals surface area contributed by atoms with Crippen molar-refractivity contribution < 1.29 is 4.79 Å². The number of anilines is 2. The van der Waals surface area contributed by atoms with E-state index in [-0.39, 0.29) is 5.91 Å². The number of hydrogen-bond donors (Lipinski definition) is 1. The number of rotatable bonds is 3. The van der Waals surface area contributed by atoms with Crippen LogP contribution in [0.3, 0.4) is 0 Å². The van der Waals surface area contributed by atoms with Crippen LogP contribution in [0.25, 0.3) is 10.1 Å². The number of carbonyl (C=O) groups is 1. The Labute approximate surface area is 138 Å². The van der Waals surface area contributed by atoms with Crippen LogP contribution in [0.1, 0.15) is 9.67 Å². The van der Waals surface area contributed by atoms with Crippen molar-refractivity contribution in [3.05, 3.63) is 58.4 Å². The predicted molar refractivity (Wildman–Crippen MR) is 95.6 cm³/mol. The fourth-order valence-electron chi connectivity index (χ4n) is 2.28. The van der Waals surface area contributed by atoms with Gasteiger partial charge in [0.25, 0.3) is 5.91 Å². The summed E-state index contributed by atoms with van der Waals surface area (Å²) in [6.45, 7) is 0. The molecule has 0 atom stereocenters. The molecular formula is C17H15ClN2OS. The van der Waals surface area contributed by atoms with Gasteiger partial charge < -0.3 is 10.2 Å². The second-order valence-corrected chi connectivity index (χ2v) is 6.68. The van der Waals surface area contributed by atoms with Gasteiger partial charge in [0.15, 0.2) is 0 Å². The van der Waals surface area contributed by atoms with Crippen LogP contribution in [-0.2, 0) is 0 Å². The van der Waals surface area contributed by atoms with Gasteiger partial charge in [-0.2, -0.15) is 0 Å². The maximum atomic E-state index is 12.5. The van der Waals surface area contributed by atoms with Gasteiger partial charge in [0, 0.05) is 23.8 Å². The van der Waals surface area contributed by atoms with Crippen LogP contribution in [0.15, 0.2) is 48.5 Å². The molecule has 2 aromatic carbocycles. The number of benzene rings is 2. The lowest BCUT2D eigenvalue weighted by Gasteiger charge is -2.18.